The molecule has 1 aromatic heterocycles. The van der Waals surface area contributed by atoms with Gasteiger partial charge in [-0.15, -0.1) is 0 Å². The van der Waals surface area contributed by atoms with E-state index in [1.807, 2.05) is 39.0 Å². The monoisotopic (exact) mass is 299 g/mol. The Kier molecular flexibility index (Phi) is 5.41. The van der Waals surface area contributed by atoms with Crippen LogP contribution in [0.25, 0.3) is 0 Å². The summed E-state index contributed by atoms with van der Waals surface area (Å²) in [5.41, 5.74) is 0. The molecule has 1 aromatic rings. The van der Waals surface area contributed by atoms with Gasteiger partial charge in [0.2, 0.25) is 5.91 Å². The van der Waals surface area contributed by atoms with Crippen LogP contribution in [0, 0.1) is 0 Å². The quantitative estimate of drug-likeness (QED) is 0.850. The summed E-state index contributed by atoms with van der Waals surface area (Å²) < 4.78 is 0.755. The largest absolute Gasteiger partial charge is 0.359 e. The third-order valence-electron chi connectivity index (χ3n) is 2.53. The van der Waals surface area contributed by atoms with Crippen LogP contribution in [0.3, 0.4) is 0 Å². The van der Waals surface area contributed by atoms with Gasteiger partial charge in [0.1, 0.15) is 16.5 Å². The summed E-state index contributed by atoms with van der Waals surface area (Å²) in [5.74, 6) is 0.796. The molecule has 1 rings (SSSR count). The lowest BCUT2D eigenvalue weighted by Gasteiger charge is -2.23. The first-order chi connectivity index (χ1) is 8.08. The first-order valence-corrected chi connectivity index (χ1v) is 6.55. The van der Waals surface area contributed by atoms with Gasteiger partial charge < -0.3 is 10.2 Å². The van der Waals surface area contributed by atoms with Crippen LogP contribution in [0.1, 0.15) is 20.8 Å². The van der Waals surface area contributed by atoms with E-state index in [0.29, 0.717) is 5.82 Å². The third kappa shape index (κ3) is 4.00. The minimum Gasteiger partial charge on any atom is -0.359 e. The van der Waals surface area contributed by atoms with Crippen LogP contribution in [-0.2, 0) is 4.79 Å². The number of carbonyl (C=O) groups is 1. The molecule has 1 unspecified atom stereocenters. The predicted octanol–water partition coefficient (Wildman–Crippen LogP) is 2.51. The van der Waals surface area contributed by atoms with Gasteiger partial charge in [-0.3, -0.25) is 4.79 Å². The average molecular weight is 300 g/mol. The highest BCUT2D eigenvalue weighted by atomic mass is 79.9. The summed E-state index contributed by atoms with van der Waals surface area (Å²) in [6.45, 7) is 7.26. The van der Waals surface area contributed by atoms with E-state index in [0.717, 1.165) is 17.7 Å². The van der Waals surface area contributed by atoms with Crippen molar-refractivity contribution < 1.29 is 4.79 Å². The van der Waals surface area contributed by atoms with Crippen molar-refractivity contribution in [2.45, 2.75) is 26.8 Å². The summed E-state index contributed by atoms with van der Waals surface area (Å²) in [6, 6.07) is 5.31. The molecule has 0 aliphatic rings. The van der Waals surface area contributed by atoms with E-state index in [4.69, 9.17) is 0 Å². The lowest BCUT2D eigenvalue weighted by atomic mass is 10.2. The Morgan fingerprint density at radius 2 is 2.12 bits per heavy atom. The second kappa shape index (κ2) is 6.59. The normalized spacial score (nSPS) is 12.0. The number of anilines is 1. The number of carbonyl (C=O) groups excluding carboxylic acids is 1. The molecule has 0 saturated heterocycles. The molecule has 1 N–H and O–H groups in total. The van der Waals surface area contributed by atoms with Gasteiger partial charge in [-0.1, -0.05) is 6.07 Å². The standard InChI is InChI=1S/C12H18BrN3O/c1-4-16(5-2)12(17)9(3)14-11-8-6-7-10(13)15-11/h6-9H,4-5H2,1-3H3,(H,14,15). The molecule has 0 fully saturated rings. The molecule has 0 radical (unpaired) electrons. The third-order valence-corrected chi connectivity index (χ3v) is 2.97. The molecule has 4 nitrogen and oxygen atoms in total. The maximum atomic E-state index is 12.0. The fraction of sp³-hybridized carbons (Fsp3) is 0.500. The summed E-state index contributed by atoms with van der Waals surface area (Å²) in [5, 5.41) is 3.10. The second-order valence-corrected chi connectivity index (χ2v) is 4.53. The molecule has 0 aromatic carbocycles. The predicted molar refractivity (Wildman–Crippen MR) is 72.9 cm³/mol. The van der Waals surface area contributed by atoms with Crippen molar-refractivity contribution in [2.75, 3.05) is 18.4 Å². The first-order valence-electron chi connectivity index (χ1n) is 5.76. The number of halogens is 1. The summed E-state index contributed by atoms with van der Waals surface area (Å²) in [6.07, 6.45) is 0. The SMILES string of the molecule is CCN(CC)C(=O)C(C)Nc1cccc(Br)n1. The number of nitrogens with zero attached hydrogens (tertiary/aromatic N) is 2. The van der Waals surface area contributed by atoms with E-state index < -0.39 is 0 Å². The zero-order valence-corrected chi connectivity index (χ0v) is 12.0. The summed E-state index contributed by atoms with van der Waals surface area (Å²) in [4.78, 5) is 18.1. The Bertz CT molecular complexity index is 380. The highest BCUT2D eigenvalue weighted by Gasteiger charge is 2.17. The number of pyridine rings is 1. The van der Waals surface area contributed by atoms with Crippen molar-refractivity contribution in [3.8, 4) is 0 Å². The molecule has 94 valence electrons. The lowest BCUT2D eigenvalue weighted by molar-refractivity contribution is -0.131. The number of hydrogen-bond acceptors (Lipinski definition) is 3. The summed E-state index contributed by atoms with van der Waals surface area (Å²) >= 11 is 3.30. The van der Waals surface area contributed by atoms with Crippen molar-refractivity contribution >= 4 is 27.7 Å². The Hall–Kier alpha value is -1.10. The smallest absolute Gasteiger partial charge is 0.244 e. The van der Waals surface area contributed by atoms with Gasteiger partial charge in [-0.2, -0.15) is 0 Å². The van der Waals surface area contributed by atoms with E-state index in [9.17, 15) is 4.79 Å². The lowest BCUT2D eigenvalue weighted by Crippen LogP contribution is -2.41. The molecule has 0 spiro atoms. The van der Waals surface area contributed by atoms with Crippen LogP contribution in [0.4, 0.5) is 5.82 Å². The average Bonchev–Trinajstić information content (AvgIpc) is 2.30. The molecule has 17 heavy (non-hydrogen) atoms. The van der Waals surface area contributed by atoms with E-state index in [2.05, 4.69) is 26.2 Å². The fourth-order valence-corrected chi connectivity index (χ4v) is 1.93. The molecule has 0 bridgehead atoms. The van der Waals surface area contributed by atoms with Gasteiger partial charge in [0.25, 0.3) is 0 Å². The molecule has 1 atom stereocenters. The van der Waals surface area contributed by atoms with Crippen LogP contribution in [-0.4, -0.2) is 34.9 Å². The molecule has 1 amide bonds. The molecule has 1 heterocycles. The van der Waals surface area contributed by atoms with E-state index in [1.54, 1.807) is 4.90 Å². The van der Waals surface area contributed by atoms with Crippen molar-refractivity contribution in [3.05, 3.63) is 22.8 Å². The van der Waals surface area contributed by atoms with Crippen LogP contribution in [0.5, 0.6) is 0 Å². The van der Waals surface area contributed by atoms with Gasteiger partial charge in [0.15, 0.2) is 0 Å². The maximum Gasteiger partial charge on any atom is 0.244 e. The number of amides is 1. The number of rotatable bonds is 5. The number of nitrogens with one attached hydrogen (secondary N) is 1. The minimum absolute atomic E-state index is 0.0942. The van der Waals surface area contributed by atoms with Crippen LogP contribution >= 0.6 is 15.9 Å². The summed E-state index contributed by atoms with van der Waals surface area (Å²) in [7, 11) is 0. The Labute approximate surface area is 111 Å². The molecule has 0 aliphatic heterocycles. The second-order valence-electron chi connectivity index (χ2n) is 3.72. The molecular formula is C12H18BrN3O. The van der Waals surface area contributed by atoms with Crippen molar-refractivity contribution in [1.29, 1.82) is 0 Å². The van der Waals surface area contributed by atoms with Crippen LogP contribution in [0.15, 0.2) is 22.8 Å². The number of aromatic nitrogens is 1. The van der Waals surface area contributed by atoms with Gasteiger partial charge in [0, 0.05) is 13.1 Å². The Balaban J connectivity index is 2.65. The van der Waals surface area contributed by atoms with Crippen molar-refractivity contribution in [1.82, 2.24) is 9.88 Å². The fourth-order valence-electron chi connectivity index (χ4n) is 1.58. The topological polar surface area (TPSA) is 45.2 Å². The van der Waals surface area contributed by atoms with Gasteiger partial charge in [0.05, 0.1) is 0 Å². The molecular weight excluding hydrogens is 282 g/mol. The number of hydrogen-bond donors (Lipinski definition) is 1. The highest BCUT2D eigenvalue weighted by Crippen LogP contribution is 2.11. The van der Waals surface area contributed by atoms with Crippen LogP contribution in [0.2, 0.25) is 0 Å². The first kappa shape index (κ1) is 14.0. The Morgan fingerprint density at radius 3 is 2.65 bits per heavy atom. The minimum atomic E-state index is -0.267. The van der Waals surface area contributed by atoms with Gasteiger partial charge in [-0.05, 0) is 48.8 Å². The van der Waals surface area contributed by atoms with E-state index in [1.165, 1.54) is 0 Å². The molecule has 5 heteroatoms. The van der Waals surface area contributed by atoms with Gasteiger partial charge >= 0.3 is 0 Å². The van der Waals surface area contributed by atoms with Gasteiger partial charge in [-0.25, -0.2) is 4.98 Å². The highest BCUT2D eigenvalue weighted by molar-refractivity contribution is 9.10. The number of likely N-dealkylation sites (N-methyl/N-ethyl adjacent to an activating group) is 1. The maximum absolute atomic E-state index is 12.0. The van der Waals surface area contributed by atoms with E-state index in [-0.39, 0.29) is 11.9 Å². The molecule has 0 aliphatic carbocycles. The van der Waals surface area contributed by atoms with E-state index >= 15 is 0 Å². The molecule has 0 saturated carbocycles. The van der Waals surface area contributed by atoms with Crippen molar-refractivity contribution in [2.24, 2.45) is 0 Å². The zero-order valence-electron chi connectivity index (χ0n) is 10.4. The Morgan fingerprint density at radius 1 is 1.47 bits per heavy atom. The van der Waals surface area contributed by atoms with Crippen molar-refractivity contribution in [3.63, 3.8) is 0 Å². The van der Waals surface area contributed by atoms with Crippen LogP contribution < -0.4 is 5.32 Å². The zero-order chi connectivity index (χ0) is 12.8.